The number of aromatic nitrogens is 2. The van der Waals surface area contributed by atoms with Gasteiger partial charge in [-0.1, -0.05) is 29.8 Å². The second-order valence-corrected chi connectivity index (χ2v) is 9.47. The zero-order valence-corrected chi connectivity index (χ0v) is 20.3. The maximum Gasteiger partial charge on any atom is 0.272 e. The van der Waals surface area contributed by atoms with Gasteiger partial charge in [-0.25, -0.2) is 18.2 Å². The lowest BCUT2D eigenvalue weighted by molar-refractivity contribution is -0.118. The smallest absolute Gasteiger partial charge is 0.272 e. The van der Waals surface area contributed by atoms with Gasteiger partial charge < -0.3 is 4.90 Å². The van der Waals surface area contributed by atoms with E-state index in [9.17, 15) is 18.4 Å². The molecule has 0 unspecified atom stereocenters. The molecule has 0 radical (unpaired) electrons. The number of aryl methyl sites for hydroxylation is 1. The zero-order valence-electron chi connectivity index (χ0n) is 19.5. The number of hydrogen-bond acceptors (Lipinski definition) is 6. The third-order valence-electron chi connectivity index (χ3n) is 5.46. The summed E-state index contributed by atoms with van der Waals surface area (Å²) in [6.07, 6.45) is 1.52. The Morgan fingerprint density at radius 3 is 2.61 bits per heavy atom. The van der Waals surface area contributed by atoms with E-state index in [1.165, 1.54) is 12.3 Å². The maximum absolute atomic E-state index is 13.9. The molecule has 0 fully saturated rings. The van der Waals surface area contributed by atoms with E-state index < -0.39 is 17.2 Å². The first-order chi connectivity index (χ1) is 17.2. The highest BCUT2D eigenvalue weighted by Gasteiger charge is 2.20. The van der Waals surface area contributed by atoms with E-state index in [-0.39, 0.29) is 24.6 Å². The predicted molar refractivity (Wildman–Crippen MR) is 134 cm³/mol. The summed E-state index contributed by atoms with van der Waals surface area (Å²) in [5, 5.41) is 16.3. The van der Waals surface area contributed by atoms with Gasteiger partial charge in [0.2, 0.25) is 5.91 Å². The Morgan fingerprint density at radius 2 is 1.89 bits per heavy atom. The van der Waals surface area contributed by atoms with Crippen molar-refractivity contribution in [2.75, 3.05) is 18.5 Å². The van der Waals surface area contributed by atoms with Gasteiger partial charge in [-0.2, -0.15) is 10.4 Å². The SMILES string of the molecule is Cc1ccc(CN(C(=O)CN(C)Sc2cc(F)c(F)c(C#N)c2)c2ccc3c(=O)[nH]ncc3c2)cc1. The number of carbonyl (C=O) groups excluding carboxylic acids is 1. The maximum atomic E-state index is 13.9. The first-order valence-electron chi connectivity index (χ1n) is 10.9. The molecule has 0 aliphatic carbocycles. The van der Waals surface area contributed by atoms with Crippen molar-refractivity contribution < 1.29 is 13.6 Å². The van der Waals surface area contributed by atoms with Crippen LogP contribution in [0.3, 0.4) is 0 Å². The molecule has 4 rings (SSSR count). The predicted octanol–water partition coefficient (Wildman–Crippen LogP) is 4.55. The minimum atomic E-state index is -1.20. The molecule has 4 aromatic rings. The average Bonchev–Trinajstić information content (AvgIpc) is 2.85. The minimum Gasteiger partial charge on any atom is -0.307 e. The zero-order chi connectivity index (χ0) is 25.8. The molecule has 0 atom stereocenters. The van der Waals surface area contributed by atoms with Crippen molar-refractivity contribution in [2.45, 2.75) is 18.4 Å². The molecule has 0 saturated heterocycles. The highest BCUT2D eigenvalue weighted by Crippen LogP contribution is 2.27. The molecule has 1 heterocycles. The number of benzene rings is 3. The van der Waals surface area contributed by atoms with Crippen LogP contribution in [0.4, 0.5) is 14.5 Å². The van der Waals surface area contributed by atoms with E-state index in [0.29, 0.717) is 21.4 Å². The number of likely N-dealkylation sites (N-methyl/N-ethyl adjacent to an activating group) is 1. The molecule has 1 N–H and O–H groups in total. The van der Waals surface area contributed by atoms with Gasteiger partial charge in [-0.3, -0.25) is 9.59 Å². The number of halogens is 2. The summed E-state index contributed by atoms with van der Waals surface area (Å²) >= 11 is 1.02. The second-order valence-electron chi connectivity index (χ2n) is 8.19. The summed E-state index contributed by atoms with van der Waals surface area (Å²) in [4.78, 5) is 27.4. The number of hydrogen-bond donors (Lipinski definition) is 1. The van der Waals surface area contributed by atoms with Crippen LogP contribution in [0.1, 0.15) is 16.7 Å². The quantitative estimate of drug-likeness (QED) is 0.371. The van der Waals surface area contributed by atoms with Crippen molar-refractivity contribution in [1.29, 1.82) is 5.26 Å². The summed E-state index contributed by atoms with van der Waals surface area (Å²) in [5.41, 5.74) is 1.85. The highest BCUT2D eigenvalue weighted by atomic mass is 32.2. The third kappa shape index (κ3) is 5.59. The van der Waals surface area contributed by atoms with Crippen LogP contribution in [0.25, 0.3) is 10.8 Å². The summed E-state index contributed by atoms with van der Waals surface area (Å²) < 4.78 is 29.1. The van der Waals surface area contributed by atoms with Gasteiger partial charge >= 0.3 is 0 Å². The van der Waals surface area contributed by atoms with E-state index in [1.54, 1.807) is 40.5 Å². The summed E-state index contributed by atoms with van der Waals surface area (Å²) in [6.45, 7) is 2.19. The molecular weight excluding hydrogens is 484 g/mol. The van der Waals surface area contributed by atoms with Crippen LogP contribution < -0.4 is 10.5 Å². The van der Waals surface area contributed by atoms with Crippen molar-refractivity contribution in [3.8, 4) is 6.07 Å². The summed E-state index contributed by atoms with van der Waals surface area (Å²) in [7, 11) is 1.64. The van der Waals surface area contributed by atoms with Crippen LogP contribution in [0.5, 0.6) is 0 Å². The monoisotopic (exact) mass is 505 g/mol. The molecule has 1 aromatic heterocycles. The summed E-state index contributed by atoms with van der Waals surface area (Å²) in [6, 6.07) is 16.7. The van der Waals surface area contributed by atoms with E-state index in [0.717, 1.165) is 29.1 Å². The fourth-order valence-corrected chi connectivity index (χ4v) is 4.50. The normalized spacial score (nSPS) is 11.0. The van der Waals surface area contributed by atoms with E-state index in [2.05, 4.69) is 10.2 Å². The Bertz CT molecular complexity index is 1530. The van der Waals surface area contributed by atoms with E-state index >= 15 is 0 Å². The van der Waals surface area contributed by atoms with Crippen molar-refractivity contribution in [2.24, 2.45) is 0 Å². The summed E-state index contributed by atoms with van der Waals surface area (Å²) in [5.74, 6) is -2.59. The number of rotatable bonds is 7. The minimum absolute atomic E-state index is 0.0664. The van der Waals surface area contributed by atoms with Gasteiger partial charge in [0.05, 0.1) is 30.2 Å². The van der Waals surface area contributed by atoms with Crippen LogP contribution in [0.15, 0.2) is 70.5 Å². The van der Waals surface area contributed by atoms with Crippen molar-refractivity contribution in [3.05, 3.63) is 99.5 Å². The largest absolute Gasteiger partial charge is 0.307 e. The fraction of sp³-hybridized carbons (Fsp3) is 0.154. The number of nitriles is 1. The molecule has 3 aromatic carbocycles. The molecule has 0 spiro atoms. The van der Waals surface area contributed by atoms with Gasteiger partial charge in [0.15, 0.2) is 11.6 Å². The van der Waals surface area contributed by atoms with Crippen LogP contribution >= 0.6 is 11.9 Å². The molecule has 1 amide bonds. The number of amides is 1. The highest BCUT2D eigenvalue weighted by molar-refractivity contribution is 7.97. The van der Waals surface area contributed by atoms with Crippen LogP contribution in [-0.2, 0) is 11.3 Å². The standard InChI is InChI=1S/C26H21F2N5O2S/c1-16-3-5-17(6-4-16)14-33(20-7-8-22-19(9-20)13-30-31-26(22)35)24(34)15-32(2)36-21-10-18(12-29)25(28)23(27)11-21/h3-11,13H,14-15H2,1-2H3,(H,31,35). The molecule has 0 saturated carbocycles. The van der Waals surface area contributed by atoms with Crippen molar-refractivity contribution >= 4 is 34.3 Å². The van der Waals surface area contributed by atoms with Gasteiger partial charge in [0, 0.05) is 16.0 Å². The molecule has 36 heavy (non-hydrogen) atoms. The third-order valence-corrected chi connectivity index (χ3v) is 6.35. The fourth-order valence-electron chi connectivity index (χ4n) is 3.64. The average molecular weight is 506 g/mol. The topological polar surface area (TPSA) is 93.1 Å². The first kappa shape index (κ1) is 25.0. The van der Waals surface area contributed by atoms with Crippen LogP contribution in [-0.4, -0.2) is 34.0 Å². The first-order valence-corrected chi connectivity index (χ1v) is 11.6. The van der Waals surface area contributed by atoms with E-state index in [4.69, 9.17) is 5.26 Å². The number of aromatic amines is 1. The lowest BCUT2D eigenvalue weighted by Gasteiger charge is -2.26. The molecule has 0 aliphatic rings. The Morgan fingerprint density at radius 1 is 1.14 bits per heavy atom. The van der Waals surface area contributed by atoms with Crippen LogP contribution in [0, 0.1) is 29.9 Å². The number of fused-ring (bicyclic) bond motifs is 1. The number of H-pyrrole nitrogens is 1. The molecule has 7 nitrogen and oxygen atoms in total. The lowest BCUT2D eigenvalue weighted by Crippen LogP contribution is -2.37. The Balaban J connectivity index is 1.61. The van der Waals surface area contributed by atoms with Gasteiger partial charge in [-0.15, -0.1) is 0 Å². The van der Waals surface area contributed by atoms with Gasteiger partial charge in [0.1, 0.15) is 6.07 Å². The van der Waals surface area contributed by atoms with Crippen molar-refractivity contribution in [1.82, 2.24) is 14.5 Å². The molecule has 0 bridgehead atoms. The van der Waals surface area contributed by atoms with Gasteiger partial charge in [0.25, 0.3) is 5.56 Å². The molecule has 0 aliphatic heterocycles. The number of carbonyl (C=O) groups is 1. The molecule has 10 heteroatoms. The second kappa shape index (κ2) is 10.7. The van der Waals surface area contributed by atoms with Crippen molar-refractivity contribution in [3.63, 3.8) is 0 Å². The Kier molecular flexibility index (Phi) is 7.43. The number of nitrogens with one attached hydrogen (secondary N) is 1. The molecule has 182 valence electrons. The Hall–Kier alpha value is -4.07. The van der Waals surface area contributed by atoms with Gasteiger partial charge in [-0.05, 0) is 61.8 Å². The molecular formula is C26H21F2N5O2S. The Labute approximate surface area is 210 Å². The number of nitrogens with zero attached hydrogens (tertiary/aromatic N) is 4. The lowest BCUT2D eigenvalue weighted by atomic mass is 10.1. The number of anilines is 1. The van der Waals surface area contributed by atoms with Crippen LogP contribution in [0.2, 0.25) is 0 Å². The van der Waals surface area contributed by atoms with E-state index in [1.807, 2.05) is 31.2 Å².